The highest BCUT2D eigenvalue weighted by Gasteiger charge is 2.46. The van der Waals surface area contributed by atoms with Crippen molar-refractivity contribution in [1.29, 1.82) is 10.5 Å². The molecule has 0 aromatic heterocycles. The maximum Gasteiger partial charge on any atom is 0.411 e. The number of hydrogen-bond donors (Lipinski definition) is 0. The van der Waals surface area contributed by atoms with E-state index in [4.69, 9.17) is 4.74 Å². The van der Waals surface area contributed by atoms with Crippen LogP contribution in [0.3, 0.4) is 0 Å². The van der Waals surface area contributed by atoms with E-state index in [-0.39, 0.29) is 24.6 Å². The maximum atomic E-state index is 12.5. The predicted molar refractivity (Wildman–Crippen MR) is 89.3 cm³/mol. The number of ether oxygens (including phenoxy) is 1. The fourth-order valence-corrected chi connectivity index (χ4v) is 3.33. The molecule has 2 bridgehead atoms. The Bertz CT molecular complexity index is 677. The highest BCUT2D eigenvalue weighted by molar-refractivity contribution is 5.70. The van der Waals surface area contributed by atoms with Gasteiger partial charge in [-0.2, -0.15) is 10.5 Å². The minimum Gasteiger partial charge on any atom is -0.444 e. The van der Waals surface area contributed by atoms with Crippen molar-refractivity contribution in [3.8, 4) is 24.0 Å². The van der Waals surface area contributed by atoms with Crippen LogP contribution < -0.4 is 0 Å². The van der Waals surface area contributed by atoms with Crippen molar-refractivity contribution in [2.24, 2.45) is 5.41 Å². The van der Waals surface area contributed by atoms with E-state index in [0.717, 1.165) is 18.4 Å². The summed E-state index contributed by atoms with van der Waals surface area (Å²) in [5.41, 5.74) is -0.966. The highest BCUT2D eigenvalue weighted by Crippen LogP contribution is 2.43. The molecule has 2 aliphatic heterocycles. The predicted octanol–water partition coefficient (Wildman–Crippen LogP) is 3.53. The van der Waals surface area contributed by atoms with Gasteiger partial charge in [0.15, 0.2) is 5.41 Å². The number of nitrogens with zero attached hydrogens (tertiary/aromatic N) is 3. The zero-order valence-electron chi connectivity index (χ0n) is 14.7. The van der Waals surface area contributed by atoms with Gasteiger partial charge in [0.2, 0.25) is 0 Å². The number of carbonyl (C=O) groups excluding carboxylic acids is 1. The van der Waals surface area contributed by atoms with Crippen molar-refractivity contribution in [3.63, 3.8) is 0 Å². The molecule has 0 aromatic rings. The Labute approximate surface area is 143 Å². The number of amides is 1. The Kier molecular flexibility index (Phi) is 4.91. The van der Waals surface area contributed by atoms with Crippen LogP contribution in [0, 0.1) is 39.9 Å². The molecule has 2 unspecified atom stereocenters. The third kappa shape index (κ3) is 3.39. The molecule has 5 nitrogen and oxygen atoms in total. The van der Waals surface area contributed by atoms with Gasteiger partial charge in [0.1, 0.15) is 5.60 Å². The molecule has 1 fully saturated rings. The van der Waals surface area contributed by atoms with Crippen LogP contribution in [0.2, 0.25) is 0 Å². The average Bonchev–Trinajstić information content (AvgIpc) is 2.78. The van der Waals surface area contributed by atoms with Gasteiger partial charge >= 0.3 is 6.09 Å². The number of hydrogen-bond acceptors (Lipinski definition) is 4. The van der Waals surface area contributed by atoms with Crippen LogP contribution in [-0.2, 0) is 4.74 Å². The Morgan fingerprint density at radius 3 is 2.50 bits per heavy atom. The zero-order valence-corrected chi connectivity index (χ0v) is 14.7. The molecule has 0 aliphatic carbocycles. The van der Waals surface area contributed by atoms with Gasteiger partial charge in [-0.05, 0) is 52.5 Å². The van der Waals surface area contributed by atoms with Crippen LogP contribution >= 0.6 is 0 Å². The molecule has 1 amide bonds. The summed E-state index contributed by atoms with van der Waals surface area (Å²) in [5, 5.41) is 19.2. The largest absolute Gasteiger partial charge is 0.444 e. The fraction of sp³-hybridized carbons (Fsp3) is 0.632. The first-order valence-electron chi connectivity index (χ1n) is 8.21. The van der Waals surface area contributed by atoms with E-state index in [9.17, 15) is 15.3 Å². The summed E-state index contributed by atoms with van der Waals surface area (Å²) in [4.78, 5) is 14.2. The van der Waals surface area contributed by atoms with Gasteiger partial charge in [0.05, 0.1) is 18.2 Å². The minimum atomic E-state index is -1.22. The molecule has 0 aromatic carbocycles. The van der Waals surface area contributed by atoms with Crippen LogP contribution in [-0.4, -0.2) is 28.7 Å². The number of nitriles is 2. The molecule has 2 heterocycles. The first-order valence-corrected chi connectivity index (χ1v) is 8.21. The summed E-state index contributed by atoms with van der Waals surface area (Å²) in [6.07, 6.45) is 4.02. The van der Waals surface area contributed by atoms with Crippen molar-refractivity contribution in [2.75, 3.05) is 0 Å². The number of carbonyl (C=O) groups is 1. The maximum absolute atomic E-state index is 12.5. The van der Waals surface area contributed by atoms with Crippen molar-refractivity contribution in [1.82, 2.24) is 4.90 Å². The van der Waals surface area contributed by atoms with E-state index < -0.39 is 11.0 Å². The van der Waals surface area contributed by atoms with E-state index in [2.05, 4.69) is 24.0 Å². The summed E-state index contributed by atoms with van der Waals surface area (Å²) in [5.74, 6) is 5.62. The van der Waals surface area contributed by atoms with Crippen molar-refractivity contribution in [3.05, 3.63) is 11.6 Å². The Morgan fingerprint density at radius 2 is 2.00 bits per heavy atom. The van der Waals surface area contributed by atoms with Crippen LogP contribution in [0.5, 0.6) is 0 Å². The molecule has 0 spiro atoms. The van der Waals surface area contributed by atoms with Crippen LogP contribution in [0.25, 0.3) is 0 Å². The third-order valence-electron chi connectivity index (χ3n) is 4.46. The van der Waals surface area contributed by atoms with Crippen molar-refractivity contribution < 1.29 is 9.53 Å². The van der Waals surface area contributed by atoms with Crippen LogP contribution in [0.4, 0.5) is 4.79 Å². The van der Waals surface area contributed by atoms with E-state index in [1.807, 2.05) is 26.8 Å². The van der Waals surface area contributed by atoms with Gasteiger partial charge in [-0.25, -0.2) is 4.79 Å². The Morgan fingerprint density at radius 1 is 1.33 bits per heavy atom. The van der Waals surface area contributed by atoms with Gasteiger partial charge in [-0.15, -0.1) is 11.8 Å². The molecule has 0 N–H and O–H groups in total. The molecule has 0 saturated carbocycles. The monoisotopic (exact) mass is 325 g/mol. The summed E-state index contributed by atoms with van der Waals surface area (Å²) in [6, 6.07) is 4.19. The summed E-state index contributed by atoms with van der Waals surface area (Å²) >= 11 is 0. The second-order valence-corrected chi connectivity index (χ2v) is 7.31. The molecule has 5 heteroatoms. The fourth-order valence-electron chi connectivity index (χ4n) is 3.33. The minimum absolute atomic E-state index is 0.0134. The van der Waals surface area contributed by atoms with Crippen LogP contribution in [0.15, 0.2) is 11.6 Å². The molecule has 0 radical (unpaired) electrons. The van der Waals surface area contributed by atoms with Crippen LogP contribution in [0.1, 0.15) is 53.4 Å². The first kappa shape index (κ1) is 17.9. The normalized spacial score (nSPS) is 22.6. The molecule has 2 atom stereocenters. The van der Waals surface area contributed by atoms with E-state index >= 15 is 0 Å². The lowest BCUT2D eigenvalue weighted by Gasteiger charge is -2.37. The zero-order chi connectivity index (χ0) is 18.0. The summed E-state index contributed by atoms with van der Waals surface area (Å²) in [7, 11) is 0. The standard InChI is InChI=1S/C19H23N3O2/c1-5-6-9-19(12-20,13-21)14-10-15-7-8-16(11-14)22(15)17(23)24-18(2,3)4/h10,15-16H,7-9,11H2,1-4H3. The second kappa shape index (κ2) is 6.58. The SMILES string of the molecule is CC#CCC(C#N)(C#N)C1=CC2CCC(C1)N2C(=O)OC(C)(C)C. The lowest BCUT2D eigenvalue weighted by molar-refractivity contribution is 0.0163. The molecule has 2 aliphatic rings. The molecule has 126 valence electrons. The Balaban J connectivity index is 2.28. The number of fused-ring (bicyclic) bond motifs is 2. The highest BCUT2D eigenvalue weighted by atomic mass is 16.6. The van der Waals surface area contributed by atoms with Crippen molar-refractivity contribution >= 4 is 6.09 Å². The van der Waals surface area contributed by atoms with Gasteiger partial charge in [0, 0.05) is 12.5 Å². The lowest BCUT2D eigenvalue weighted by atomic mass is 9.76. The molecule has 2 rings (SSSR count). The Hall–Kier alpha value is -2.45. The summed E-state index contributed by atoms with van der Waals surface area (Å²) in [6.45, 7) is 7.23. The second-order valence-electron chi connectivity index (χ2n) is 7.31. The van der Waals surface area contributed by atoms with Crippen molar-refractivity contribution in [2.45, 2.75) is 71.1 Å². The van der Waals surface area contributed by atoms with E-state index in [1.54, 1.807) is 11.8 Å². The quantitative estimate of drug-likeness (QED) is 0.575. The third-order valence-corrected chi connectivity index (χ3v) is 4.46. The lowest BCUT2D eigenvalue weighted by Crippen LogP contribution is -2.47. The van der Waals surface area contributed by atoms with Gasteiger partial charge in [0.25, 0.3) is 0 Å². The van der Waals surface area contributed by atoms with Gasteiger partial charge < -0.3 is 4.74 Å². The van der Waals surface area contributed by atoms with Gasteiger partial charge in [-0.3, -0.25) is 4.90 Å². The first-order chi connectivity index (χ1) is 11.3. The topological polar surface area (TPSA) is 77.1 Å². The van der Waals surface area contributed by atoms with E-state index in [0.29, 0.717) is 6.42 Å². The van der Waals surface area contributed by atoms with E-state index in [1.165, 1.54) is 0 Å². The molecule has 24 heavy (non-hydrogen) atoms. The summed E-state index contributed by atoms with van der Waals surface area (Å²) < 4.78 is 5.50. The number of rotatable bonds is 2. The molecule has 1 saturated heterocycles. The van der Waals surface area contributed by atoms with Gasteiger partial charge in [-0.1, -0.05) is 6.08 Å². The molecular formula is C19H23N3O2. The molecular weight excluding hydrogens is 302 g/mol. The smallest absolute Gasteiger partial charge is 0.411 e. The average molecular weight is 325 g/mol.